The quantitative estimate of drug-likeness (QED) is 0.356. The standard InChI is InChI=1S/C25H36F3N5O5S.CH4/c26-25(27,28)22-18-21(6-7-23(22)33(35)36)29-20-8-10-32(11-9-20)39(37,38)17-16-30-12-14-31(15-13-30)24(34)19-4-2-1-3-5-19;/h6-7,18-20,29H,1-5,8-17H2;1H4. The summed E-state index contributed by atoms with van der Waals surface area (Å²) in [4.78, 5) is 26.6. The lowest BCUT2D eigenvalue weighted by molar-refractivity contribution is -0.388. The van der Waals surface area contributed by atoms with Gasteiger partial charge in [-0.2, -0.15) is 13.2 Å². The molecule has 2 saturated heterocycles. The number of piperazine rings is 1. The largest absolute Gasteiger partial charge is 0.423 e. The number of anilines is 1. The minimum Gasteiger partial charge on any atom is -0.382 e. The number of carbonyl (C=O) groups excluding carboxylic acids is 1. The summed E-state index contributed by atoms with van der Waals surface area (Å²) in [7, 11) is -3.51. The molecule has 226 valence electrons. The molecule has 0 unspecified atom stereocenters. The van der Waals surface area contributed by atoms with Gasteiger partial charge in [0.25, 0.3) is 5.69 Å². The fraction of sp³-hybridized carbons (Fsp3) is 0.731. The van der Waals surface area contributed by atoms with E-state index in [1.807, 2.05) is 4.90 Å². The normalized spacial score (nSPS) is 20.6. The number of nitro benzene ring substituents is 1. The van der Waals surface area contributed by atoms with Crippen molar-refractivity contribution >= 4 is 27.3 Å². The van der Waals surface area contributed by atoms with Crippen LogP contribution in [0.3, 0.4) is 0 Å². The molecule has 0 radical (unpaired) electrons. The first kappa shape index (κ1) is 32.1. The summed E-state index contributed by atoms with van der Waals surface area (Å²) in [6, 6.07) is 2.54. The predicted molar refractivity (Wildman–Crippen MR) is 146 cm³/mol. The number of benzene rings is 1. The molecule has 2 aliphatic heterocycles. The lowest BCUT2D eigenvalue weighted by Crippen LogP contribution is -2.52. The number of sulfonamides is 1. The lowest BCUT2D eigenvalue weighted by atomic mass is 9.88. The van der Waals surface area contributed by atoms with E-state index in [0.29, 0.717) is 45.6 Å². The van der Waals surface area contributed by atoms with Crippen LogP contribution in [0.25, 0.3) is 0 Å². The molecule has 3 aliphatic rings. The number of alkyl halides is 3. The number of nitrogens with one attached hydrogen (secondary N) is 1. The summed E-state index contributed by atoms with van der Waals surface area (Å²) in [5.74, 6) is 0.343. The van der Waals surface area contributed by atoms with E-state index in [9.17, 15) is 36.5 Å². The van der Waals surface area contributed by atoms with Gasteiger partial charge in [-0.3, -0.25) is 19.8 Å². The van der Waals surface area contributed by atoms with Gasteiger partial charge in [-0.05, 0) is 37.8 Å². The molecule has 14 heteroatoms. The molecule has 1 N–H and O–H groups in total. The average molecular weight is 592 g/mol. The summed E-state index contributed by atoms with van der Waals surface area (Å²) in [5.41, 5.74) is -2.22. The molecular weight excluding hydrogens is 551 g/mol. The van der Waals surface area contributed by atoms with Gasteiger partial charge in [-0.25, -0.2) is 12.7 Å². The van der Waals surface area contributed by atoms with Crippen LogP contribution in [0, 0.1) is 16.0 Å². The number of halogens is 3. The van der Waals surface area contributed by atoms with Gasteiger partial charge in [0.1, 0.15) is 5.56 Å². The zero-order valence-electron chi connectivity index (χ0n) is 21.9. The third kappa shape index (κ3) is 8.06. The van der Waals surface area contributed by atoms with Crippen LogP contribution in [0.1, 0.15) is 57.9 Å². The van der Waals surface area contributed by atoms with Crippen molar-refractivity contribution in [1.29, 1.82) is 0 Å². The monoisotopic (exact) mass is 591 g/mol. The molecule has 0 spiro atoms. The molecule has 0 aromatic heterocycles. The van der Waals surface area contributed by atoms with Gasteiger partial charge in [0.2, 0.25) is 15.9 Å². The number of hydrogen-bond donors (Lipinski definition) is 1. The predicted octanol–water partition coefficient (Wildman–Crippen LogP) is 4.18. The molecule has 2 heterocycles. The maximum absolute atomic E-state index is 13.3. The smallest absolute Gasteiger partial charge is 0.382 e. The Hall–Kier alpha value is -2.45. The molecule has 0 bridgehead atoms. The van der Waals surface area contributed by atoms with Gasteiger partial charge < -0.3 is 10.2 Å². The number of nitrogens with zero attached hydrogens (tertiary/aromatic N) is 4. The van der Waals surface area contributed by atoms with E-state index in [2.05, 4.69) is 10.2 Å². The molecule has 1 aromatic rings. The molecule has 1 saturated carbocycles. The van der Waals surface area contributed by atoms with Crippen molar-refractivity contribution in [2.75, 3.05) is 56.9 Å². The molecule has 1 aliphatic carbocycles. The Morgan fingerprint density at radius 2 is 1.62 bits per heavy atom. The van der Waals surface area contributed by atoms with Crippen LogP contribution < -0.4 is 5.32 Å². The van der Waals surface area contributed by atoms with E-state index in [-0.39, 0.29) is 49.8 Å². The first-order valence-corrected chi connectivity index (χ1v) is 15.2. The Morgan fingerprint density at radius 1 is 1.00 bits per heavy atom. The van der Waals surface area contributed by atoms with Crippen LogP contribution in [0.5, 0.6) is 0 Å². The molecule has 40 heavy (non-hydrogen) atoms. The topological polar surface area (TPSA) is 116 Å². The van der Waals surface area contributed by atoms with Crippen molar-refractivity contribution in [3.63, 3.8) is 0 Å². The fourth-order valence-corrected chi connectivity index (χ4v) is 7.21. The number of carbonyl (C=O) groups is 1. The Kier molecular flexibility index (Phi) is 10.8. The molecule has 3 fully saturated rings. The van der Waals surface area contributed by atoms with Gasteiger partial charge in [-0.15, -0.1) is 0 Å². The van der Waals surface area contributed by atoms with Crippen molar-refractivity contribution in [3.8, 4) is 0 Å². The Labute approximate surface area is 234 Å². The van der Waals surface area contributed by atoms with Gasteiger partial charge in [0.15, 0.2) is 0 Å². The number of amides is 1. The molecule has 10 nitrogen and oxygen atoms in total. The van der Waals surface area contributed by atoms with Crippen LogP contribution in [0.2, 0.25) is 0 Å². The van der Waals surface area contributed by atoms with E-state index in [0.717, 1.165) is 37.8 Å². The van der Waals surface area contributed by atoms with Crippen molar-refractivity contribution in [2.45, 2.75) is 64.6 Å². The van der Waals surface area contributed by atoms with Crippen molar-refractivity contribution in [2.24, 2.45) is 5.92 Å². The second-order valence-electron chi connectivity index (χ2n) is 10.6. The number of hydrogen-bond acceptors (Lipinski definition) is 7. The van der Waals surface area contributed by atoms with Crippen LogP contribution in [0.4, 0.5) is 24.5 Å². The maximum Gasteiger partial charge on any atom is 0.423 e. The van der Waals surface area contributed by atoms with Crippen LogP contribution in [-0.2, 0) is 21.0 Å². The minimum atomic E-state index is -4.87. The number of rotatable bonds is 8. The average Bonchev–Trinajstić information content (AvgIpc) is 2.92. The second kappa shape index (κ2) is 13.5. The number of piperidine rings is 1. The first-order valence-electron chi connectivity index (χ1n) is 13.5. The Morgan fingerprint density at radius 3 is 2.20 bits per heavy atom. The zero-order valence-corrected chi connectivity index (χ0v) is 22.7. The van der Waals surface area contributed by atoms with E-state index in [4.69, 9.17) is 0 Å². The highest BCUT2D eigenvalue weighted by molar-refractivity contribution is 7.89. The minimum absolute atomic E-state index is 0. The van der Waals surface area contributed by atoms with E-state index in [1.165, 1.54) is 16.8 Å². The summed E-state index contributed by atoms with van der Waals surface area (Å²) >= 11 is 0. The van der Waals surface area contributed by atoms with Gasteiger partial charge in [0.05, 0.1) is 10.7 Å². The highest BCUT2D eigenvalue weighted by Crippen LogP contribution is 2.38. The van der Waals surface area contributed by atoms with Crippen LogP contribution in [0.15, 0.2) is 18.2 Å². The molecular formula is C26H40F3N5O5S. The highest BCUT2D eigenvalue weighted by atomic mass is 32.2. The van der Waals surface area contributed by atoms with Crippen LogP contribution in [-0.4, -0.2) is 91.0 Å². The molecule has 0 atom stereocenters. The zero-order chi connectivity index (χ0) is 28.2. The summed E-state index contributed by atoms with van der Waals surface area (Å²) in [6.07, 6.45) is 1.28. The molecule has 1 aromatic carbocycles. The third-order valence-electron chi connectivity index (χ3n) is 8.02. The Balaban J connectivity index is 0.00000441. The van der Waals surface area contributed by atoms with Crippen molar-refractivity contribution < 1.29 is 31.3 Å². The van der Waals surface area contributed by atoms with Crippen LogP contribution >= 0.6 is 0 Å². The lowest BCUT2D eigenvalue weighted by Gasteiger charge is -2.37. The first-order chi connectivity index (χ1) is 18.4. The van der Waals surface area contributed by atoms with Gasteiger partial charge >= 0.3 is 6.18 Å². The Bertz CT molecular complexity index is 1130. The molecule has 1 amide bonds. The summed E-state index contributed by atoms with van der Waals surface area (Å²) < 4.78 is 67.1. The number of nitro groups is 1. The van der Waals surface area contributed by atoms with Gasteiger partial charge in [-0.1, -0.05) is 26.7 Å². The summed E-state index contributed by atoms with van der Waals surface area (Å²) in [6.45, 7) is 3.39. The SMILES string of the molecule is C.O=C(C1CCCCC1)N1CCN(CCS(=O)(=O)N2CCC(Nc3ccc([N+](=O)[O-])c(C(F)(F)F)c3)CC2)CC1. The van der Waals surface area contributed by atoms with E-state index in [1.54, 1.807) is 0 Å². The third-order valence-corrected chi connectivity index (χ3v) is 9.87. The van der Waals surface area contributed by atoms with E-state index >= 15 is 0 Å². The van der Waals surface area contributed by atoms with Gasteiger partial charge in [0, 0.05) is 69.5 Å². The highest BCUT2D eigenvalue weighted by Gasteiger charge is 2.39. The van der Waals surface area contributed by atoms with Crippen molar-refractivity contribution in [1.82, 2.24) is 14.1 Å². The van der Waals surface area contributed by atoms with E-state index < -0.39 is 32.4 Å². The molecule has 4 rings (SSSR count). The van der Waals surface area contributed by atoms with Crippen molar-refractivity contribution in [3.05, 3.63) is 33.9 Å². The summed E-state index contributed by atoms with van der Waals surface area (Å²) in [5, 5.41) is 13.9. The fourth-order valence-electron chi connectivity index (χ4n) is 5.70. The second-order valence-corrected chi connectivity index (χ2v) is 12.7. The maximum atomic E-state index is 13.3.